The van der Waals surface area contributed by atoms with Crippen LogP contribution >= 0.6 is 11.3 Å². The number of anilines is 1. The predicted octanol–water partition coefficient (Wildman–Crippen LogP) is 4.50. The number of carbonyl (C=O) groups is 2. The molecule has 0 atom stereocenters. The smallest absolute Gasteiger partial charge is 0.230 e. The van der Waals surface area contributed by atoms with E-state index in [9.17, 15) is 9.59 Å². The SMILES string of the molecule is CC(=O)c1sc(NC(=O)Cc2ccc(C)cc2)nc1-c1ccccc1. The van der Waals surface area contributed by atoms with E-state index in [-0.39, 0.29) is 18.1 Å². The lowest BCUT2D eigenvalue weighted by atomic mass is 10.1. The third-order valence-electron chi connectivity index (χ3n) is 3.73. The van der Waals surface area contributed by atoms with Gasteiger partial charge in [0.05, 0.1) is 17.0 Å². The molecule has 25 heavy (non-hydrogen) atoms. The molecule has 0 bridgehead atoms. The van der Waals surface area contributed by atoms with Gasteiger partial charge in [-0.15, -0.1) is 0 Å². The summed E-state index contributed by atoms with van der Waals surface area (Å²) in [4.78, 5) is 29.2. The van der Waals surface area contributed by atoms with Crippen molar-refractivity contribution in [3.8, 4) is 11.3 Å². The van der Waals surface area contributed by atoms with Gasteiger partial charge in [-0.25, -0.2) is 4.98 Å². The second-order valence-corrected chi connectivity index (χ2v) is 6.83. The second-order valence-electron chi connectivity index (χ2n) is 5.83. The molecule has 0 saturated heterocycles. The molecule has 2 aromatic carbocycles. The molecule has 3 aromatic rings. The Bertz CT molecular complexity index is 899. The molecule has 0 aliphatic rings. The highest BCUT2D eigenvalue weighted by Gasteiger charge is 2.17. The number of thiazole rings is 1. The third kappa shape index (κ3) is 4.19. The van der Waals surface area contributed by atoms with Crippen LogP contribution in [0.25, 0.3) is 11.3 Å². The van der Waals surface area contributed by atoms with E-state index in [1.807, 2.05) is 61.5 Å². The van der Waals surface area contributed by atoms with Crippen molar-refractivity contribution in [2.75, 3.05) is 5.32 Å². The Labute approximate surface area is 150 Å². The fourth-order valence-electron chi connectivity index (χ4n) is 2.46. The Kier molecular flexibility index (Phi) is 5.05. The summed E-state index contributed by atoms with van der Waals surface area (Å²) in [5.41, 5.74) is 3.57. The van der Waals surface area contributed by atoms with Gasteiger partial charge in [-0.05, 0) is 12.5 Å². The van der Waals surface area contributed by atoms with E-state index in [1.54, 1.807) is 0 Å². The lowest BCUT2D eigenvalue weighted by Gasteiger charge is -2.02. The van der Waals surface area contributed by atoms with E-state index in [1.165, 1.54) is 18.3 Å². The van der Waals surface area contributed by atoms with Crippen molar-refractivity contribution in [3.63, 3.8) is 0 Å². The number of rotatable bonds is 5. The van der Waals surface area contributed by atoms with Crippen LogP contribution in [-0.2, 0) is 11.2 Å². The Hall–Kier alpha value is -2.79. The van der Waals surface area contributed by atoms with Gasteiger partial charge in [0.2, 0.25) is 5.91 Å². The van der Waals surface area contributed by atoms with Crippen LogP contribution in [0.15, 0.2) is 54.6 Å². The zero-order valence-corrected chi connectivity index (χ0v) is 14.9. The van der Waals surface area contributed by atoms with Gasteiger partial charge in [-0.3, -0.25) is 9.59 Å². The average Bonchev–Trinajstić information content (AvgIpc) is 3.02. The standard InChI is InChI=1S/C20H18N2O2S/c1-13-8-10-15(11-9-13)12-17(24)21-20-22-18(19(25-20)14(2)23)16-6-4-3-5-7-16/h3-11H,12H2,1-2H3,(H,21,22,24). The van der Waals surface area contributed by atoms with Crippen molar-refractivity contribution < 1.29 is 9.59 Å². The van der Waals surface area contributed by atoms with Crippen LogP contribution in [0.3, 0.4) is 0 Å². The highest BCUT2D eigenvalue weighted by Crippen LogP contribution is 2.31. The first-order valence-corrected chi connectivity index (χ1v) is 8.77. The summed E-state index contributed by atoms with van der Waals surface area (Å²) in [5.74, 6) is -0.206. The second kappa shape index (κ2) is 7.40. The van der Waals surface area contributed by atoms with Crippen molar-refractivity contribution in [1.29, 1.82) is 0 Å². The number of hydrogen-bond acceptors (Lipinski definition) is 4. The van der Waals surface area contributed by atoms with Crippen molar-refractivity contribution in [1.82, 2.24) is 4.98 Å². The minimum absolute atomic E-state index is 0.0598. The number of nitrogens with one attached hydrogen (secondary N) is 1. The number of Topliss-reactive ketones (excluding diaryl/α,β-unsaturated/α-hetero) is 1. The normalized spacial score (nSPS) is 10.5. The average molecular weight is 350 g/mol. The van der Waals surface area contributed by atoms with Gasteiger partial charge in [-0.1, -0.05) is 71.5 Å². The van der Waals surface area contributed by atoms with Crippen LogP contribution in [0, 0.1) is 6.92 Å². The van der Waals surface area contributed by atoms with E-state index in [2.05, 4.69) is 10.3 Å². The molecule has 0 aliphatic heterocycles. The molecule has 0 unspecified atom stereocenters. The summed E-state index contributed by atoms with van der Waals surface area (Å²) in [5, 5.41) is 3.25. The summed E-state index contributed by atoms with van der Waals surface area (Å²) in [6, 6.07) is 17.3. The lowest BCUT2D eigenvalue weighted by Crippen LogP contribution is -2.14. The summed E-state index contributed by atoms with van der Waals surface area (Å²) >= 11 is 1.21. The Morgan fingerprint density at radius 1 is 1.04 bits per heavy atom. The Balaban J connectivity index is 1.79. The number of aromatic nitrogens is 1. The summed E-state index contributed by atoms with van der Waals surface area (Å²) in [6.07, 6.45) is 0.274. The van der Waals surface area contributed by atoms with Crippen LogP contribution < -0.4 is 5.32 Å². The molecular weight excluding hydrogens is 332 g/mol. The first-order chi connectivity index (χ1) is 12.0. The molecule has 5 heteroatoms. The first-order valence-electron chi connectivity index (χ1n) is 7.95. The maximum Gasteiger partial charge on any atom is 0.230 e. The Morgan fingerprint density at radius 3 is 2.36 bits per heavy atom. The number of hydrogen-bond donors (Lipinski definition) is 1. The lowest BCUT2D eigenvalue weighted by molar-refractivity contribution is -0.115. The number of aryl methyl sites for hydroxylation is 1. The van der Waals surface area contributed by atoms with Gasteiger partial charge >= 0.3 is 0 Å². The van der Waals surface area contributed by atoms with Crippen molar-refractivity contribution >= 4 is 28.2 Å². The molecule has 0 radical (unpaired) electrons. The molecule has 1 heterocycles. The van der Waals surface area contributed by atoms with E-state index < -0.39 is 0 Å². The van der Waals surface area contributed by atoms with Gasteiger partial charge in [0, 0.05) is 12.5 Å². The van der Waals surface area contributed by atoms with Gasteiger partial charge < -0.3 is 5.32 Å². The first kappa shape index (κ1) is 17.0. The fourth-order valence-corrected chi connectivity index (χ4v) is 3.36. The molecule has 126 valence electrons. The van der Waals surface area contributed by atoms with Crippen LogP contribution in [0.5, 0.6) is 0 Å². The molecule has 0 spiro atoms. The molecule has 3 rings (SSSR count). The van der Waals surface area contributed by atoms with Gasteiger partial charge in [0.15, 0.2) is 10.9 Å². The van der Waals surface area contributed by atoms with Crippen LogP contribution in [-0.4, -0.2) is 16.7 Å². The highest BCUT2D eigenvalue weighted by molar-refractivity contribution is 7.18. The van der Waals surface area contributed by atoms with Gasteiger partial charge in [0.25, 0.3) is 0 Å². The molecule has 0 fully saturated rings. The van der Waals surface area contributed by atoms with E-state index in [0.29, 0.717) is 15.7 Å². The zero-order valence-electron chi connectivity index (χ0n) is 14.1. The summed E-state index contributed by atoms with van der Waals surface area (Å²) in [6.45, 7) is 3.52. The number of amides is 1. The molecule has 1 aromatic heterocycles. The topological polar surface area (TPSA) is 59.1 Å². The minimum atomic E-state index is -0.146. The van der Waals surface area contributed by atoms with Crippen LogP contribution in [0.4, 0.5) is 5.13 Å². The van der Waals surface area contributed by atoms with Crippen molar-refractivity contribution in [3.05, 3.63) is 70.6 Å². The Morgan fingerprint density at radius 2 is 1.72 bits per heavy atom. The summed E-state index contributed by atoms with van der Waals surface area (Å²) in [7, 11) is 0. The van der Waals surface area contributed by atoms with Gasteiger partial charge in [-0.2, -0.15) is 0 Å². The largest absolute Gasteiger partial charge is 0.302 e. The molecule has 1 amide bonds. The molecule has 4 nitrogen and oxygen atoms in total. The van der Waals surface area contributed by atoms with Crippen LogP contribution in [0.2, 0.25) is 0 Å². The number of nitrogens with zero attached hydrogens (tertiary/aromatic N) is 1. The fraction of sp³-hybridized carbons (Fsp3) is 0.150. The van der Waals surface area contributed by atoms with E-state index in [0.717, 1.165) is 16.7 Å². The monoisotopic (exact) mass is 350 g/mol. The maximum atomic E-state index is 12.3. The van der Waals surface area contributed by atoms with Crippen LogP contribution in [0.1, 0.15) is 27.7 Å². The quantitative estimate of drug-likeness (QED) is 0.689. The third-order valence-corrected chi connectivity index (χ3v) is 4.80. The number of ketones is 1. The minimum Gasteiger partial charge on any atom is -0.302 e. The summed E-state index contributed by atoms with van der Waals surface area (Å²) < 4.78 is 0. The van der Waals surface area contributed by atoms with Gasteiger partial charge in [0.1, 0.15) is 0 Å². The highest BCUT2D eigenvalue weighted by atomic mass is 32.1. The molecule has 1 N–H and O–H groups in total. The number of carbonyl (C=O) groups excluding carboxylic acids is 2. The van der Waals surface area contributed by atoms with Crippen molar-refractivity contribution in [2.45, 2.75) is 20.3 Å². The molecule has 0 aliphatic carbocycles. The maximum absolute atomic E-state index is 12.3. The molecular formula is C20H18N2O2S. The predicted molar refractivity (Wildman–Crippen MR) is 101 cm³/mol. The number of benzene rings is 2. The zero-order chi connectivity index (χ0) is 17.8. The van der Waals surface area contributed by atoms with Crippen molar-refractivity contribution in [2.24, 2.45) is 0 Å². The molecule has 0 saturated carbocycles. The van der Waals surface area contributed by atoms with E-state index in [4.69, 9.17) is 0 Å². The van der Waals surface area contributed by atoms with E-state index >= 15 is 0 Å².